The van der Waals surface area contributed by atoms with Gasteiger partial charge in [0.1, 0.15) is 5.82 Å². The molecule has 0 aliphatic rings. The Hall–Kier alpha value is -3.03. The van der Waals surface area contributed by atoms with Crippen LogP contribution in [0.5, 0.6) is 0 Å². The number of aromatic nitrogens is 1. The van der Waals surface area contributed by atoms with Gasteiger partial charge in [-0.05, 0) is 48.9 Å². The molecule has 1 aromatic carbocycles. The van der Waals surface area contributed by atoms with E-state index in [0.717, 1.165) is 5.56 Å². The van der Waals surface area contributed by atoms with Gasteiger partial charge in [-0.1, -0.05) is 29.3 Å². The van der Waals surface area contributed by atoms with Gasteiger partial charge in [0, 0.05) is 11.2 Å². The molecule has 0 bridgehead atoms. The van der Waals surface area contributed by atoms with Crippen molar-refractivity contribution in [2.24, 2.45) is 11.5 Å². The molecule has 0 radical (unpaired) electrons. The highest BCUT2D eigenvalue weighted by atomic mass is 35.5. The number of hydrogen-bond donors (Lipinski definition) is 4. The second kappa shape index (κ2) is 9.07. The molecule has 6 N–H and O–H groups in total. The first kappa shape index (κ1) is 20.3. The van der Waals surface area contributed by atoms with E-state index in [4.69, 9.17) is 34.7 Å². The Morgan fingerprint density at radius 1 is 1.11 bits per heavy atom. The van der Waals surface area contributed by atoms with Crippen LogP contribution in [0.2, 0.25) is 5.02 Å². The summed E-state index contributed by atoms with van der Waals surface area (Å²) in [5.74, 6) is -0.754. The fraction of sp³-hybridized carbons (Fsp3) is 0.0556. The zero-order valence-corrected chi connectivity index (χ0v) is 15.8. The average Bonchev–Trinajstić information content (AvgIpc) is 2.62. The molecular formula is C18H17Cl2N5O2. The minimum atomic E-state index is -0.631. The Morgan fingerprint density at radius 3 is 2.48 bits per heavy atom. The van der Waals surface area contributed by atoms with Crippen LogP contribution < -0.4 is 22.1 Å². The van der Waals surface area contributed by atoms with Crippen LogP contribution in [0.25, 0.3) is 0 Å². The Kier molecular flexibility index (Phi) is 6.81. The number of nitrogens with one attached hydrogen (secondary N) is 2. The molecule has 0 unspecified atom stereocenters. The molecule has 0 aliphatic heterocycles. The number of benzene rings is 1. The van der Waals surface area contributed by atoms with Gasteiger partial charge in [0.2, 0.25) is 0 Å². The molecule has 27 heavy (non-hydrogen) atoms. The van der Waals surface area contributed by atoms with Crippen LogP contribution in [0.4, 0.5) is 11.5 Å². The fourth-order valence-electron chi connectivity index (χ4n) is 1.98. The number of nitrogens with zero attached hydrogens (tertiary/aromatic N) is 1. The molecule has 2 aromatic rings. The van der Waals surface area contributed by atoms with E-state index >= 15 is 0 Å². The monoisotopic (exact) mass is 405 g/mol. The van der Waals surface area contributed by atoms with Gasteiger partial charge >= 0.3 is 0 Å². The van der Waals surface area contributed by atoms with E-state index in [2.05, 4.69) is 15.6 Å². The molecule has 2 rings (SSSR count). The van der Waals surface area contributed by atoms with Gasteiger partial charge in [-0.25, -0.2) is 4.98 Å². The van der Waals surface area contributed by atoms with Gasteiger partial charge in [-0.15, -0.1) is 0 Å². The van der Waals surface area contributed by atoms with Crippen LogP contribution in [0.3, 0.4) is 0 Å². The lowest BCUT2D eigenvalue weighted by Gasteiger charge is -2.12. The topological polar surface area (TPSA) is 123 Å². The summed E-state index contributed by atoms with van der Waals surface area (Å²) in [5.41, 5.74) is 12.1. The maximum Gasteiger partial charge on any atom is 0.271 e. The minimum Gasteiger partial charge on any atom is -0.394 e. The summed E-state index contributed by atoms with van der Waals surface area (Å²) < 4.78 is 0. The second-order valence-electron chi connectivity index (χ2n) is 5.49. The average molecular weight is 406 g/mol. The first-order valence-electron chi connectivity index (χ1n) is 7.69. The number of hydrogen-bond acceptors (Lipinski definition) is 5. The van der Waals surface area contributed by atoms with E-state index in [1.165, 1.54) is 30.4 Å². The Balaban J connectivity index is 2.24. The second-order valence-corrected chi connectivity index (χ2v) is 6.37. The van der Waals surface area contributed by atoms with Crippen molar-refractivity contribution in [3.8, 4) is 0 Å². The molecule has 1 heterocycles. The van der Waals surface area contributed by atoms with E-state index in [1.807, 2.05) is 13.0 Å². The van der Waals surface area contributed by atoms with Gasteiger partial charge in [-0.2, -0.15) is 0 Å². The number of halogens is 2. The molecule has 0 atom stereocenters. The fourth-order valence-corrected chi connectivity index (χ4v) is 2.21. The summed E-state index contributed by atoms with van der Waals surface area (Å²) in [6.07, 6.45) is 4.15. The Labute approximate surface area is 166 Å². The summed E-state index contributed by atoms with van der Waals surface area (Å²) in [7, 11) is 0. The number of aryl methyl sites for hydroxylation is 1. The number of allylic oxidation sites excluding steroid dienone is 2. The molecule has 2 amide bonds. The molecule has 1 aromatic heterocycles. The third-order valence-electron chi connectivity index (χ3n) is 3.31. The van der Waals surface area contributed by atoms with E-state index < -0.39 is 11.8 Å². The highest BCUT2D eigenvalue weighted by molar-refractivity contribution is 6.31. The van der Waals surface area contributed by atoms with Crippen molar-refractivity contribution in [3.63, 3.8) is 0 Å². The predicted octanol–water partition coefficient (Wildman–Crippen LogP) is 3.12. The van der Waals surface area contributed by atoms with Gasteiger partial charge in [-0.3, -0.25) is 9.59 Å². The van der Waals surface area contributed by atoms with Gasteiger partial charge < -0.3 is 22.1 Å². The van der Waals surface area contributed by atoms with Gasteiger partial charge in [0.05, 0.1) is 22.1 Å². The normalized spacial score (nSPS) is 11.8. The molecule has 0 saturated heterocycles. The van der Waals surface area contributed by atoms with E-state index in [1.54, 1.807) is 12.3 Å². The van der Waals surface area contributed by atoms with Crippen LogP contribution in [0.1, 0.15) is 15.9 Å². The summed E-state index contributed by atoms with van der Waals surface area (Å²) >= 11 is 11.5. The molecule has 0 saturated carbocycles. The molecule has 0 aliphatic carbocycles. The number of carbonyl (C=O) groups is 2. The number of rotatable bonds is 5. The zero-order chi connectivity index (χ0) is 20.0. The number of anilines is 2. The van der Waals surface area contributed by atoms with Crippen molar-refractivity contribution >= 4 is 46.5 Å². The Morgan fingerprint density at radius 2 is 1.85 bits per heavy atom. The largest absolute Gasteiger partial charge is 0.394 e. The molecule has 140 valence electrons. The number of nitrogens with two attached hydrogens (primary N) is 2. The molecular weight excluding hydrogens is 389 g/mol. The maximum absolute atomic E-state index is 12.6. The van der Waals surface area contributed by atoms with Crippen LogP contribution in [-0.4, -0.2) is 16.8 Å². The van der Waals surface area contributed by atoms with Gasteiger partial charge in [0.15, 0.2) is 0 Å². The van der Waals surface area contributed by atoms with E-state index in [-0.39, 0.29) is 22.1 Å². The van der Waals surface area contributed by atoms with Crippen molar-refractivity contribution in [2.75, 3.05) is 10.6 Å². The van der Waals surface area contributed by atoms with Crippen LogP contribution in [0, 0.1) is 6.92 Å². The van der Waals surface area contributed by atoms with Gasteiger partial charge in [0.25, 0.3) is 11.8 Å². The van der Waals surface area contributed by atoms with E-state index in [0.29, 0.717) is 10.8 Å². The lowest BCUT2D eigenvalue weighted by molar-refractivity contribution is -0.112. The molecule has 0 spiro atoms. The van der Waals surface area contributed by atoms with Crippen LogP contribution in [-0.2, 0) is 4.79 Å². The highest BCUT2D eigenvalue weighted by Gasteiger charge is 2.16. The van der Waals surface area contributed by atoms with Crippen LogP contribution >= 0.6 is 23.2 Å². The third-order valence-corrected chi connectivity index (χ3v) is 3.67. The summed E-state index contributed by atoms with van der Waals surface area (Å²) in [6, 6.07) is 7.94. The maximum atomic E-state index is 12.6. The minimum absolute atomic E-state index is 0.0251. The first-order valence-corrected chi connectivity index (χ1v) is 8.45. The first-order chi connectivity index (χ1) is 12.8. The van der Waals surface area contributed by atoms with E-state index in [9.17, 15) is 9.59 Å². The molecule has 0 fully saturated rings. The smallest absolute Gasteiger partial charge is 0.271 e. The number of amides is 2. The van der Waals surface area contributed by atoms with Crippen molar-refractivity contribution < 1.29 is 9.59 Å². The SMILES string of the molecule is Cc1ccc(NC(=O)c2cc(Cl)ccc2NC(=O)/C(N)=C/C=C(\N)Cl)nc1. The molecule has 9 heteroatoms. The number of carbonyl (C=O) groups excluding carboxylic acids is 2. The highest BCUT2D eigenvalue weighted by Crippen LogP contribution is 2.22. The van der Waals surface area contributed by atoms with Crippen LogP contribution in [0.15, 0.2) is 59.5 Å². The summed E-state index contributed by atoms with van der Waals surface area (Å²) in [4.78, 5) is 28.9. The summed E-state index contributed by atoms with van der Waals surface area (Å²) in [5, 5.41) is 5.50. The third kappa shape index (κ3) is 6.02. The molecule has 7 nitrogen and oxygen atoms in total. The lowest BCUT2D eigenvalue weighted by Crippen LogP contribution is -2.22. The van der Waals surface area contributed by atoms with Crippen molar-refractivity contribution in [3.05, 3.63) is 75.7 Å². The number of pyridine rings is 1. The zero-order valence-electron chi connectivity index (χ0n) is 14.3. The van der Waals surface area contributed by atoms with Crippen molar-refractivity contribution in [2.45, 2.75) is 6.92 Å². The standard InChI is InChI=1S/C18H17Cl2N5O2/c1-10-2-7-16(23-9-10)25-17(26)12-8-11(19)3-5-14(12)24-18(27)13(21)4-6-15(20)22/h2-9H,21-22H2,1H3,(H,24,27)(H,23,25,26)/b13-4-,15-6-. The quantitative estimate of drug-likeness (QED) is 0.345. The predicted molar refractivity (Wildman–Crippen MR) is 107 cm³/mol. The Bertz CT molecular complexity index is 920. The summed E-state index contributed by atoms with van der Waals surface area (Å²) in [6.45, 7) is 1.88. The lowest BCUT2D eigenvalue weighted by atomic mass is 10.1. The van der Waals surface area contributed by atoms with Crippen molar-refractivity contribution in [1.82, 2.24) is 4.98 Å². The van der Waals surface area contributed by atoms with Crippen molar-refractivity contribution in [1.29, 1.82) is 0 Å².